The Hall–Kier alpha value is -4.34. The Balaban J connectivity index is 1.90. The quantitative estimate of drug-likeness (QED) is 0.444. The molecule has 3 aromatic rings. The summed E-state index contributed by atoms with van der Waals surface area (Å²) in [7, 11) is 0. The van der Waals surface area contributed by atoms with Gasteiger partial charge in [-0.15, -0.1) is 0 Å². The number of rotatable bonds is 6. The lowest BCUT2D eigenvalue weighted by atomic mass is 10.2. The minimum atomic E-state index is -0.722. The molecule has 0 aromatic heterocycles. The maximum atomic E-state index is 10.8. The third kappa shape index (κ3) is 4.33. The van der Waals surface area contributed by atoms with E-state index < -0.39 is 32.7 Å². The van der Waals surface area contributed by atoms with E-state index in [0.29, 0.717) is 0 Å². The predicted octanol–water partition coefficient (Wildman–Crippen LogP) is 4.81. The molecular weight excluding hydrogens is 384 g/mol. The first-order valence-electron chi connectivity index (χ1n) is 8.16. The molecule has 0 unspecified atom stereocenters. The third-order valence-corrected chi connectivity index (χ3v) is 3.84. The van der Waals surface area contributed by atoms with Gasteiger partial charge in [0.05, 0.1) is 9.85 Å². The summed E-state index contributed by atoms with van der Waals surface area (Å²) in [5.74, 6) is -0.383. The largest absolute Gasteiger partial charge is 0.502 e. The van der Waals surface area contributed by atoms with Crippen LogP contribution >= 0.6 is 0 Å². The van der Waals surface area contributed by atoms with Gasteiger partial charge in [-0.2, -0.15) is 0 Å². The van der Waals surface area contributed by atoms with Gasteiger partial charge in [0, 0.05) is 24.3 Å². The molecule has 0 aliphatic heterocycles. The molecular formula is C19H14N2O8. The van der Waals surface area contributed by atoms with Gasteiger partial charge in [0.15, 0.2) is 23.0 Å². The SMILES string of the molecule is Cc1ccc(Oc2ccc([N+](=O)[O-])c(O)c2)c(Oc2ccc([N+](=O)[O-])c(O)c2)c1. The number of hydrogen-bond acceptors (Lipinski definition) is 8. The van der Waals surface area contributed by atoms with Gasteiger partial charge in [-0.05, 0) is 36.8 Å². The predicted molar refractivity (Wildman–Crippen MR) is 101 cm³/mol. The van der Waals surface area contributed by atoms with E-state index in [0.717, 1.165) is 29.8 Å². The van der Waals surface area contributed by atoms with E-state index in [1.807, 2.05) is 6.92 Å². The van der Waals surface area contributed by atoms with Crippen LogP contribution in [0, 0.1) is 27.2 Å². The molecule has 0 fully saturated rings. The van der Waals surface area contributed by atoms with E-state index in [1.165, 1.54) is 12.1 Å². The zero-order valence-electron chi connectivity index (χ0n) is 14.9. The van der Waals surface area contributed by atoms with Gasteiger partial charge < -0.3 is 19.7 Å². The summed E-state index contributed by atoms with van der Waals surface area (Å²) in [6.07, 6.45) is 0. The molecule has 0 spiro atoms. The molecule has 0 aliphatic rings. The lowest BCUT2D eigenvalue weighted by Crippen LogP contribution is -1.93. The van der Waals surface area contributed by atoms with Crippen LogP contribution in [-0.4, -0.2) is 20.1 Å². The summed E-state index contributed by atoms with van der Waals surface area (Å²) in [5, 5.41) is 41.1. The van der Waals surface area contributed by atoms with Crippen molar-refractivity contribution in [3.63, 3.8) is 0 Å². The summed E-state index contributed by atoms with van der Waals surface area (Å²) in [6.45, 7) is 1.81. The average Bonchev–Trinajstić information content (AvgIpc) is 2.63. The highest BCUT2D eigenvalue weighted by atomic mass is 16.6. The summed E-state index contributed by atoms with van der Waals surface area (Å²) in [6, 6.07) is 12.0. The monoisotopic (exact) mass is 398 g/mol. The van der Waals surface area contributed by atoms with E-state index in [2.05, 4.69) is 0 Å². The van der Waals surface area contributed by atoms with Crippen LogP contribution in [-0.2, 0) is 0 Å². The first-order valence-corrected chi connectivity index (χ1v) is 8.16. The van der Waals surface area contributed by atoms with Gasteiger partial charge in [-0.3, -0.25) is 20.2 Å². The van der Waals surface area contributed by atoms with E-state index >= 15 is 0 Å². The fourth-order valence-electron chi connectivity index (χ4n) is 2.48. The summed E-state index contributed by atoms with van der Waals surface area (Å²) >= 11 is 0. The molecule has 3 aromatic carbocycles. The van der Waals surface area contributed by atoms with Crippen LogP contribution in [0.2, 0.25) is 0 Å². The average molecular weight is 398 g/mol. The fraction of sp³-hybridized carbons (Fsp3) is 0.0526. The molecule has 0 bridgehead atoms. The third-order valence-electron chi connectivity index (χ3n) is 3.84. The van der Waals surface area contributed by atoms with E-state index in [-0.39, 0.29) is 23.0 Å². The van der Waals surface area contributed by atoms with Crippen LogP contribution in [0.15, 0.2) is 54.6 Å². The molecule has 0 aliphatic carbocycles. The number of benzene rings is 3. The molecule has 2 N–H and O–H groups in total. The van der Waals surface area contributed by atoms with Crippen molar-refractivity contribution >= 4 is 11.4 Å². The Labute approximate surface area is 163 Å². The van der Waals surface area contributed by atoms with E-state index in [9.17, 15) is 30.4 Å². The Morgan fingerprint density at radius 2 is 1.21 bits per heavy atom. The summed E-state index contributed by atoms with van der Waals surface area (Å²) in [4.78, 5) is 20.2. The molecule has 148 valence electrons. The molecule has 29 heavy (non-hydrogen) atoms. The van der Waals surface area contributed by atoms with Gasteiger partial charge >= 0.3 is 11.4 Å². The smallest absolute Gasteiger partial charge is 0.310 e. The van der Waals surface area contributed by atoms with Crippen LogP contribution < -0.4 is 9.47 Å². The highest BCUT2D eigenvalue weighted by Crippen LogP contribution is 2.39. The number of phenols is 2. The van der Waals surface area contributed by atoms with Crippen molar-refractivity contribution in [2.24, 2.45) is 0 Å². The molecule has 0 heterocycles. The van der Waals surface area contributed by atoms with Crippen LogP contribution in [0.5, 0.6) is 34.5 Å². The van der Waals surface area contributed by atoms with Crippen molar-refractivity contribution < 1.29 is 29.5 Å². The van der Waals surface area contributed by atoms with Crippen molar-refractivity contribution in [3.05, 3.63) is 80.4 Å². The van der Waals surface area contributed by atoms with Crippen molar-refractivity contribution in [1.29, 1.82) is 0 Å². The van der Waals surface area contributed by atoms with Gasteiger partial charge in [0.1, 0.15) is 11.5 Å². The molecule has 0 saturated carbocycles. The Kier molecular flexibility index (Phi) is 5.17. The second kappa shape index (κ2) is 7.72. The van der Waals surface area contributed by atoms with Crippen LogP contribution in [0.25, 0.3) is 0 Å². The number of phenolic OH excluding ortho intramolecular Hbond substituents is 2. The lowest BCUT2D eigenvalue weighted by molar-refractivity contribution is -0.386. The number of nitrogens with zero attached hydrogens (tertiary/aromatic N) is 2. The molecule has 10 heteroatoms. The second-order valence-electron chi connectivity index (χ2n) is 5.97. The zero-order chi connectivity index (χ0) is 21.1. The first kappa shape index (κ1) is 19.4. The van der Waals surface area contributed by atoms with Crippen molar-refractivity contribution in [3.8, 4) is 34.5 Å². The van der Waals surface area contributed by atoms with Gasteiger partial charge in [0.25, 0.3) is 0 Å². The lowest BCUT2D eigenvalue weighted by Gasteiger charge is -2.13. The Morgan fingerprint density at radius 3 is 1.66 bits per heavy atom. The molecule has 0 amide bonds. The molecule has 0 saturated heterocycles. The summed E-state index contributed by atoms with van der Waals surface area (Å²) < 4.78 is 11.4. The van der Waals surface area contributed by atoms with Crippen LogP contribution in [0.4, 0.5) is 11.4 Å². The van der Waals surface area contributed by atoms with Gasteiger partial charge in [0.2, 0.25) is 0 Å². The minimum absolute atomic E-state index is 0.133. The van der Waals surface area contributed by atoms with Crippen molar-refractivity contribution in [1.82, 2.24) is 0 Å². The molecule has 10 nitrogen and oxygen atoms in total. The van der Waals surface area contributed by atoms with Gasteiger partial charge in [-0.1, -0.05) is 6.07 Å². The van der Waals surface area contributed by atoms with Crippen molar-refractivity contribution in [2.75, 3.05) is 0 Å². The molecule has 0 atom stereocenters. The number of nitro benzene ring substituents is 2. The minimum Gasteiger partial charge on any atom is -0.502 e. The highest BCUT2D eigenvalue weighted by molar-refractivity contribution is 5.54. The van der Waals surface area contributed by atoms with Gasteiger partial charge in [-0.25, -0.2) is 0 Å². The maximum absolute atomic E-state index is 10.8. The normalized spacial score (nSPS) is 10.4. The number of aromatic hydroxyl groups is 2. The number of aryl methyl sites for hydroxylation is 1. The standard InChI is InChI=1S/C19H14N2O8/c1-11-2-7-18(28-12-3-5-14(20(24)25)16(22)9-12)19(8-11)29-13-4-6-15(21(26)27)17(23)10-13/h2-10,22-23H,1H3. The molecule has 3 rings (SSSR count). The zero-order valence-corrected chi connectivity index (χ0v) is 14.9. The Morgan fingerprint density at radius 1 is 0.724 bits per heavy atom. The second-order valence-corrected chi connectivity index (χ2v) is 5.97. The Bertz CT molecular complexity index is 1110. The topological polar surface area (TPSA) is 145 Å². The number of ether oxygens (including phenoxy) is 2. The summed E-state index contributed by atoms with van der Waals surface area (Å²) in [5.41, 5.74) is -0.0939. The van der Waals surface area contributed by atoms with Crippen molar-refractivity contribution in [2.45, 2.75) is 6.92 Å². The number of hydrogen-bond donors (Lipinski definition) is 2. The van der Waals surface area contributed by atoms with E-state index in [4.69, 9.17) is 9.47 Å². The number of nitro groups is 2. The van der Waals surface area contributed by atoms with Crippen LogP contribution in [0.1, 0.15) is 5.56 Å². The molecule has 0 radical (unpaired) electrons. The maximum Gasteiger partial charge on any atom is 0.310 e. The van der Waals surface area contributed by atoms with E-state index in [1.54, 1.807) is 18.2 Å². The fourth-order valence-corrected chi connectivity index (χ4v) is 2.48. The van der Waals surface area contributed by atoms with Crippen LogP contribution in [0.3, 0.4) is 0 Å². The first-order chi connectivity index (χ1) is 13.7. The highest BCUT2D eigenvalue weighted by Gasteiger charge is 2.17.